The molecular formula is C12H13BN2O. The standard InChI is InChI=1S/C12H13BN2O/c13-9-7-14-15(8-9)11-5-6-16-12-4-2-1-3-10(11)12/h1-4,7-8,11H,5-6,13H2. The lowest BCUT2D eigenvalue weighted by Gasteiger charge is -2.26. The van der Waals surface area contributed by atoms with Gasteiger partial charge in [0, 0.05) is 24.4 Å². The van der Waals surface area contributed by atoms with Gasteiger partial charge in [-0.05, 0) is 6.07 Å². The van der Waals surface area contributed by atoms with Gasteiger partial charge in [0.15, 0.2) is 0 Å². The first-order valence-corrected chi connectivity index (χ1v) is 5.57. The molecule has 3 nitrogen and oxygen atoms in total. The fourth-order valence-electron chi connectivity index (χ4n) is 2.20. The number of hydrogen-bond acceptors (Lipinski definition) is 2. The summed E-state index contributed by atoms with van der Waals surface area (Å²) in [6.07, 6.45) is 4.98. The van der Waals surface area contributed by atoms with Crippen molar-refractivity contribution in [2.75, 3.05) is 6.61 Å². The normalized spacial score (nSPS) is 18.9. The van der Waals surface area contributed by atoms with E-state index in [0.717, 1.165) is 18.8 Å². The van der Waals surface area contributed by atoms with Crippen molar-refractivity contribution in [3.8, 4) is 5.75 Å². The Morgan fingerprint density at radius 1 is 1.38 bits per heavy atom. The Labute approximate surface area is 95.5 Å². The number of aromatic nitrogens is 2. The van der Waals surface area contributed by atoms with E-state index < -0.39 is 0 Å². The topological polar surface area (TPSA) is 27.1 Å². The molecule has 1 atom stereocenters. The third-order valence-corrected chi connectivity index (χ3v) is 2.98. The van der Waals surface area contributed by atoms with Crippen molar-refractivity contribution in [3.63, 3.8) is 0 Å². The van der Waals surface area contributed by atoms with Gasteiger partial charge in [0.2, 0.25) is 0 Å². The molecular weight excluding hydrogens is 199 g/mol. The zero-order chi connectivity index (χ0) is 11.0. The summed E-state index contributed by atoms with van der Waals surface area (Å²) in [6, 6.07) is 8.53. The van der Waals surface area contributed by atoms with Crippen molar-refractivity contribution in [2.24, 2.45) is 0 Å². The number of ether oxygens (including phenoxy) is 1. The Morgan fingerprint density at radius 3 is 3.06 bits per heavy atom. The number of fused-ring (bicyclic) bond motifs is 1. The van der Waals surface area contributed by atoms with Crippen LogP contribution < -0.4 is 10.2 Å². The van der Waals surface area contributed by atoms with E-state index in [4.69, 9.17) is 4.74 Å². The molecule has 0 radical (unpaired) electrons. The largest absolute Gasteiger partial charge is 0.493 e. The highest BCUT2D eigenvalue weighted by atomic mass is 16.5. The Balaban J connectivity index is 2.04. The second kappa shape index (κ2) is 3.70. The van der Waals surface area contributed by atoms with Gasteiger partial charge in [0.05, 0.1) is 12.6 Å². The molecule has 1 aromatic carbocycles. The second-order valence-corrected chi connectivity index (χ2v) is 4.19. The number of hydrogen-bond donors (Lipinski definition) is 0. The van der Waals surface area contributed by atoms with Gasteiger partial charge in [-0.3, -0.25) is 4.68 Å². The molecule has 2 aromatic rings. The van der Waals surface area contributed by atoms with Gasteiger partial charge in [-0.15, -0.1) is 0 Å². The minimum atomic E-state index is 0.318. The molecule has 16 heavy (non-hydrogen) atoms. The van der Waals surface area contributed by atoms with Gasteiger partial charge >= 0.3 is 0 Å². The molecule has 4 heteroatoms. The molecule has 0 fully saturated rings. The van der Waals surface area contributed by atoms with Gasteiger partial charge < -0.3 is 4.74 Å². The molecule has 0 saturated carbocycles. The smallest absolute Gasteiger partial charge is 0.143 e. The molecule has 1 unspecified atom stereocenters. The average Bonchev–Trinajstić information content (AvgIpc) is 2.75. The van der Waals surface area contributed by atoms with E-state index in [-0.39, 0.29) is 0 Å². The SMILES string of the molecule is Bc1cnn(C2CCOc3ccccc32)c1. The molecule has 1 aliphatic rings. The van der Waals surface area contributed by atoms with Crippen LogP contribution in [0.1, 0.15) is 18.0 Å². The molecule has 0 aliphatic carbocycles. The minimum Gasteiger partial charge on any atom is -0.493 e. The molecule has 1 aliphatic heterocycles. The second-order valence-electron chi connectivity index (χ2n) is 4.19. The first kappa shape index (κ1) is 9.52. The van der Waals surface area contributed by atoms with Gasteiger partial charge in [-0.2, -0.15) is 5.10 Å². The predicted molar refractivity (Wildman–Crippen MR) is 65.1 cm³/mol. The van der Waals surface area contributed by atoms with Crippen LogP contribution in [0.4, 0.5) is 0 Å². The maximum Gasteiger partial charge on any atom is 0.143 e. The van der Waals surface area contributed by atoms with Crippen LogP contribution in [0.25, 0.3) is 0 Å². The van der Waals surface area contributed by atoms with Crippen LogP contribution in [0.15, 0.2) is 36.7 Å². The predicted octanol–water partition coefficient (Wildman–Crippen LogP) is 0.513. The van der Waals surface area contributed by atoms with E-state index in [1.54, 1.807) is 0 Å². The van der Waals surface area contributed by atoms with Crippen molar-refractivity contribution < 1.29 is 4.74 Å². The van der Waals surface area contributed by atoms with E-state index in [0.29, 0.717) is 6.04 Å². The first-order chi connectivity index (χ1) is 7.84. The third kappa shape index (κ3) is 1.50. The highest BCUT2D eigenvalue weighted by molar-refractivity contribution is 6.31. The molecule has 0 bridgehead atoms. The fourth-order valence-corrected chi connectivity index (χ4v) is 2.20. The van der Waals surface area contributed by atoms with E-state index in [1.807, 2.05) is 23.0 Å². The third-order valence-electron chi connectivity index (χ3n) is 2.98. The molecule has 0 spiro atoms. The summed E-state index contributed by atoms with van der Waals surface area (Å²) in [6.45, 7) is 0.764. The quantitative estimate of drug-likeness (QED) is 0.644. The molecule has 0 saturated heterocycles. The summed E-state index contributed by atoms with van der Waals surface area (Å²) in [5.41, 5.74) is 2.43. The van der Waals surface area contributed by atoms with Crippen molar-refractivity contribution in [1.82, 2.24) is 9.78 Å². The van der Waals surface area contributed by atoms with Gasteiger partial charge in [0.25, 0.3) is 0 Å². The van der Waals surface area contributed by atoms with E-state index in [1.165, 1.54) is 11.0 Å². The Morgan fingerprint density at radius 2 is 2.25 bits per heavy atom. The summed E-state index contributed by atoms with van der Waals surface area (Å²) < 4.78 is 7.68. The van der Waals surface area contributed by atoms with Gasteiger partial charge in [-0.1, -0.05) is 23.7 Å². The van der Waals surface area contributed by atoms with Crippen LogP contribution in [0.5, 0.6) is 5.75 Å². The summed E-state index contributed by atoms with van der Waals surface area (Å²) in [5, 5.41) is 4.40. The average molecular weight is 212 g/mol. The van der Waals surface area contributed by atoms with Crippen molar-refractivity contribution >= 4 is 13.3 Å². The lowest BCUT2D eigenvalue weighted by Crippen LogP contribution is -2.20. The lowest BCUT2D eigenvalue weighted by atomic mass is 9.99. The minimum absolute atomic E-state index is 0.318. The fraction of sp³-hybridized carbons (Fsp3) is 0.250. The van der Waals surface area contributed by atoms with Crippen molar-refractivity contribution in [2.45, 2.75) is 12.5 Å². The van der Waals surface area contributed by atoms with Crippen LogP contribution >= 0.6 is 0 Å². The van der Waals surface area contributed by atoms with E-state index in [2.05, 4.69) is 31.3 Å². The summed E-state index contributed by atoms with van der Waals surface area (Å²) in [7, 11) is 2.06. The molecule has 3 rings (SSSR count). The van der Waals surface area contributed by atoms with Crippen LogP contribution in [-0.2, 0) is 0 Å². The molecule has 2 heterocycles. The summed E-state index contributed by atoms with van der Waals surface area (Å²) in [4.78, 5) is 0. The van der Waals surface area contributed by atoms with Crippen LogP contribution in [0, 0.1) is 0 Å². The first-order valence-electron chi connectivity index (χ1n) is 5.57. The van der Waals surface area contributed by atoms with Crippen LogP contribution in [-0.4, -0.2) is 24.2 Å². The number of para-hydroxylation sites is 1. The number of nitrogens with zero attached hydrogens (tertiary/aromatic N) is 2. The molecule has 0 N–H and O–H groups in total. The maximum atomic E-state index is 5.64. The summed E-state index contributed by atoms with van der Waals surface area (Å²) >= 11 is 0. The van der Waals surface area contributed by atoms with Crippen LogP contribution in [0.3, 0.4) is 0 Å². The summed E-state index contributed by atoms with van der Waals surface area (Å²) in [5.74, 6) is 0.993. The van der Waals surface area contributed by atoms with Gasteiger partial charge in [-0.25, -0.2) is 0 Å². The number of rotatable bonds is 1. The molecule has 0 amide bonds. The van der Waals surface area contributed by atoms with E-state index in [9.17, 15) is 0 Å². The Hall–Kier alpha value is -1.71. The Kier molecular flexibility index (Phi) is 2.20. The maximum absolute atomic E-state index is 5.64. The molecule has 1 aromatic heterocycles. The monoisotopic (exact) mass is 212 g/mol. The van der Waals surface area contributed by atoms with Gasteiger partial charge in [0.1, 0.15) is 13.6 Å². The van der Waals surface area contributed by atoms with Crippen molar-refractivity contribution in [1.29, 1.82) is 0 Å². The van der Waals surface area contributed by atoms with E-state index >= 15 is 0 Å². The van der Waals surface area contributed by atoms with Crippen molar-refractivity contribution in [3.05, 3.63) is 42.2 Å². The van der Waals surface area contributed by atoms with Crippen LogP contribution in [0.2, 0.25) is 0 Å². The Bertz CT molecular complexity index is 509. The lowest BCUT2D eigenvalue weighted by molar-refractivity contribution is 0.250. The zero-order valence-corrected chi connectivity index (χ0v) is 9.26. The zero-order valence-electron chi connectivity index (χ0n) is 9.26. The molecule has 80 valence electrons. The highest BCUT2D eigenvalue weighted by Gasteiger charge is 2.22. The number of benzene rings is 1. The highest BCUT2D eigenvalue weighted by Crippen LogP contribution is 2.33.